The van der Waals surface area contributed by atoms with E-state index >= 15 is 0 Å². The number of aromatic nitrogens is 4. The predicted molar refractivity (Wildman–Crippen MR) is 250 cm³/mol. The molecule has 0 atom stereocenters. The highest BCUT2D eigenvalue weighted by Crippen LogP contribution is 2.46. The fraction of sp³-hybridized carbons (Fsp3) is 0.476. The summed E-state index contributed by atoms with van der Waals surface area (Å²) in [5, 5.41) is 13.2. The molecule has 10 rings (SSSR count). The maximum absolute atomic E-state index is 11.9. The minimum Gasteiger partial charge on any atom is -0.379 e. The highest BCUT2D eigenvalue weighted by atomic mass is 35.5. The van der Waals surface area contributed by atoms with Gasteiger partial charge in [0.2, 0.25) is 11.8 Å². The summed E-state index contributed by atoms with van der Waals surface area (Å²) >= 11 is 12.2. The molecule has 324 valence electrons. The average molecular weight is 924 g/mol. The third-order valence-corrected chi connectivity index (χ3v) is 15.3. The smallest absolute Gasteiger partial charge is 0.221 e. The second-order valence-corrected chi connectivity index (χ2v) is 19.7. The van der Waals surface area contributed by atoms with Crippen LogP contribution in [0.1, 0.15) is 34.7 Å². The van der Waals surface area contributed by atoms with E-state index in [1.165, 1.54) is 20.9 Å². The number of hydrogen-bond acceptors (Lipinski definition) is 16. The zero-order valence-corrected chi connectivity index (χ0v) is 38.5. The largest absolute Gasteiger partial charge is 0.379 e. The van der Waals surface area contributed by atoms with Crippen molar-refractivity contribution in [1.29, 1.82) is 0 Å². The van der Waals surface area contributed by atoms with Crippen LogP contribution in [-0.2, 0) is 45.0 Å². The van der Waals surface area contributed by atoms with Crippen LogP contribution < -0.4 is 16.0 Å². The number of nitrogens with zero attached hydrogens (tertiary/aromatic N) is 7. The van der Waals surface area contributed by atoms with Crippen LogP contribution >= 0.6 is 56.9 Å². The highest BCUT2D eigenvalue weighted by molar-refractivity contribution is 7.23. The van der Waals surface area contributed by atoms with Crippen molar-refractivity contribution >= 4 is 99.2 Å². The van der Waals surface area contributed by atoms with E-state index < -0.39 is 0 Å². The number of rotatable bonds is 9. The Morgan fingerprint density at radius 2 is 1.23 bits per heavy atom. The lowest BCUT2D eigenvalue weighted by molar-refractivity contribution is -0.115. The molecule has 0 bridgehead atoms. The Balaban J connectivity index is 0.000000144. The molecule has 0 aromatic carbocycles. The molecule has 10 heterocycles. The Hall–Kier alpha value is -3.53. The van der Waals surface area contributed by atoms with Crippen LogP contribution in [0, 0.1) is 0 Å². The van der Waals surface area contributed by atoms with Gasteiger partial charge in [-0.3, -0.25) is 34.3 Å². The molecule has 2 saturated heterocycles. The Labute approximate surface area is 376 Å². The molecule has 3 N–H and O–H groups in total. The van der Waals surface area contributed by atoms with E-state index in [-0.39, 0.29) is 11.8 Å². The zero-order chi connectivity index (χ0) is 42.1. The fourth-order valence-corrected chi connectivity index (χ4v) is 12.7. The molecule has 19 heteroatoms. The Bertz CT molecular complexity index is 2350. The summed E-state index contributed by atoms with van der Waals surface area (Å²) in [4.78, 5) is 51.2. The number of ether oxygens (including phenoxy) is 2. The van der Waals surface area contributed by atoms with Crippen molar-refractivity contribution in [3.05, 3.63) is 57.8 Å². The van der Waals surface area contributed by atoms with Gasteiger partial charge < -0.3 is 25.4 Å². The average Bonchev–Trinajstić information content (AvgIpc) is 4.05. The molecule has 4 aliphatic rings. The number of carbonyl (C=O) groups is 2. The Morgan fingerprint density at radius 3 is 1.77 bits per heavy atom. The number of fused-ring (bicyclic) bond motifs is 4. The number of anilines is 2. The normalized spacial score (nSPS) is 17.2. The van der Waals surface area contributed by atoms with E-state index in [9.17, 15) is 9.59 Å². The fourth-order valence-electron chi connectivity index (χ4n) is 7.76. The quantitative estimate of drug-likeness (QED) is 0.133. The highest BCUT2D eigenvalue weighted by Gasteiger charge is 2.28. The van der Waals surface area contributed by atoms with E-state index in [2.05, 4.69) is 40.6 Å². The number of thiazole rings is 2. The van der Waals surface area contributed by atoms with Crippen LogP contribution in [0.15, 0.2) is 36.9 Å². The number of alkyl halides is 1. The predicted octanol–water partition coefficient (Wildman–Crippen LogP) is 6.65. The van der Waals surface area contributed by atoms with Gasteiger partial charge in [0.1, 0.15) is 31.1 Å². The first-order chi connectivity index (χ1) is 29.8. The van der Waals surface area contributed by atoms with Gasteiger partial charge in [0, 0.05) is 118 Å². The van der Waals surface area contributed by atoms with Crippen LogP contribution in [0.4, 0.5) is 10.0 Å². The van der Waals surface area contributed by atoms with Crippen molar-refractivity contribution in [3.8, 4) is 21.1 Å². The molecule has 14 nitrogen and oxygen atoms in total. The van der Waals surface area contributed by atoms with E-state index in [0.717, 1.165) is 169 Å². The summed E-state index contributed by atoms with van der Waals surface area (Å²) < 4.78 is 12.9. The number of morpholine rings is 2. The second kappa shape index (κ2) is 21.2. The Morgan fingerprint density at radius 1 is 0.705 bits per heavy atom. The third kappa shape index (κ3) is 11.2. The van der Waals surface area contributed by atoms with Crippen LogP contribution in [0.5, 0.6) is 0 Å². The van der Waals surface area contributed by atoms with Crippen molar-refractivity contribution < 1.29 is 19.1 Å². The van der Waals surface area contributed by atoms with Crippen molar-refractivity contribution in [2.24, 2.45) is 0 Å². The van der Waals surface area contributed by atoms with E-state index in [0.29, 0.717) is 0 Å². The minimum absolute atomic E-state index is 0.0400. The number of amides is 2. The number of hydrogen-bond donors (Lipinski definition) is 3. The molecule has 4 aliphatic heterocycles. The van der Waals surface area contributed by atoms with Crippen molar-refractivity contribution in [1.82, 2.24) is 40.0 Å². The SMILES string of the molecule is CC(=O)Nc1sc2c(c1-c1nc3cnccc3s1)CCN(CCN1CCOCC1)C2.CC(=O)Nc1sc2c(c1-c1nc3cnccc3s1)CCNC2.ClCCN1CCOCC1. The zero-order valence-electron chi connectivity index (χ0n) is 34.5. The topological polar surface area (TPSA) is 150 Å². The number of carbonyl (C=O) groups excluding carboxylic acids is 2. The summed E-state index contributed by atoms with van der Waals surface area (Å²) in [6.45, 7) is 17.6. The van der Waals surface area contributed by atoms with E-state index in [1.807, 2.05) is 12.1 Å². The maximum Gasteiger partial charge on any atom is 0.221 e. The molecular weight excluding hydrogens is 872 g/mol. The number of halogens is 1. The van der Waals surface area contributed by atoms with Crippen LogP contribution in [-0.4, -0.2) is 138 Å². The summed E-state index contributed by atoms with van der Waals surface area (Å²) in [5.41, 5.74) is 6.69. The van der Waals surface area contributed by atoms with Crippen molar-refractivity contribution in [2.75, 3.05) is 102 Å². The van der Waals surface area contributed by atoms with Crippen LogP contribution in [0.2, 0.25) is 0 Å². The van der Waals surface area contributed by atoms with Crippen molar-refractivity contribution in [3.63, 3.8) is 0 Å². The van der Waals surface area contributed by atoms with Crippen molar-refractivity contribution in [2.45, 2.75) is 39.8 Å². The van der Waals surface area contributed by atoms with Gasteiger partial charge in [0.15, 0.2) is 0 Å². The summed E-state index contributed by atoms with van der Waals surface area (Å²) in [5.74, 6) is 0.650. The third-order valence-electron chi connectivity index (χ3n) is 10.8. The van der Waals surface area contributed by atoms with Gasteiger partial charge in [-0.25, -0.2) is 9.97 Å². The second-order valence-electron chi connectivity index (χ2n) is 15.1. The monoisotopic (exact) mass is 922 g/mol. The lowest BCUT2D eigenvalue weighted by atomic mass is 10.0. The first-order valence-electron chi connectivity index (χ1n) is 20.7. The molecule has 0 spiro atoms. The van der Waals surface area contributed by atoms with Gasteiger partial charge in [0.05, 0.1) is 48.2 Å². The van der Waals surface area contributed by atoms with Gasteiger partial charge >= 0.3 is 0 Å². The first-order valence-corrected chi connectivity index (χ1v) is 24.5. The first kappa shape index (κ1) is 44.1. The standard InChI is InChI=1S/C21H25N5O2S2.C15H14N4OS2.C6H12ClNO/c1-14(27)23-20-19(21-24-16-12-22-4-2-17(16)29-21)15-3-5-26(13-18(15)30-20)7-6-25-8-10-28-11-9-25;1-8(20)18-14-13(9-2-4-17-7-12(9)22-14)15-19-10-6-16-5-3-11(10)21-15;7-1-2-8-3-5-9-6-4-8/h2,4,12H,3,5-11,13H2,1H3,(H,23,27);3,5-6,17H,2,4,7H2,1H3,(H,18,20);1-6H2. The molecular formula is C42H51ClN10O4S4. The number of nitrogens with one attached hydrogen (secondary N) is 3. The molecule has 6 aromatic heterocycles. The van der Waals surface area contributed by atoms with Gasteiger partial charge in [0.25, 0.3) is 0 Å². The maximum atomic E-state index is 11.9. The summed E-state index contributed by atoms with van der Waals surface area (Å²) in [7, 11) is 0. The molecule has 2 amide bonds. The molecule has 61 heavy (non-hydrogen) atoms. The molecule has 0 saturated carbocycles. The number of thiophene rings is 2. The molecule has 0 aliphatic carbocycles. The van der Waals surface area contributed by atoms with Gasteiger partial charge in [-0.15, -0.1) is 56.9 Å². The van der Waals surface area contributed by atoms with Gasteiger partial charge in [-0.1, -0.05) is 0 Å². The summed E-state index contributed by atoms with van der Waals surface area (Å²) in [6, 6.07) is 3.98. The van der Waals surface area contributed by atoms with Gasteiger partial charge in [-0.2, -0.15) is 0 Å². The van der Waals surface area contributed by atoms with Crippen LogP contribution in [0.25, 0.3) is 41.6 Å². The number of pyridine rings is 2. The Kier molecular flexibility index (Phi) is 15.3. The minimum atomic E-state index is -0.0458. The van der Waals surface area contributed by atoms with E-state index in [4.69, 9.17) is 31.0 Å². The molecule has 6 aromatic rings. The van der Waals surface area contributed by atoms with Gasteiger partial charge in [-0.05, 0) is 42.6 Å². The summed E-state index contributed by atoms with van der Waals surface area (Å²) in [6.07, 6.45) is 9.13. The van der Waals surface area contributed by atoms with Crippen LogP contribution in [0.3, 0.4) is 0 Å². The lowest BCUT2D eigenvalue weighted by Crippen LogP contribution is -2.42. The molecule has 0 radical (unpaired) electrons. The van der Waals surface area contributed by atoms with E-state index in [1.54, 1.807) is 84.0 Å². The lowest BCUT2D eigenvalue weighted by Gasteiger charge is -2.31. The molecule has 2 fully saturated rings. The molecule has 0 unspecified atom stereocenters.